The minimum absolute atomic E-state index is 0.204. The summed E-state index contributed by atoms with van der Waals surface area (Å²) in [7, 11) is 1.54. The van der Waals surface area contributed by atoms with Gasteiger partial charge in [0.05, 0.1) is 5.56 Å². The van der Waals surface area contributed by atoms with Crippen LogP contribution in [-0.2, 0) is 4.79 Å². The molecule has 1 fully saturated rings. The highest BCUT2D eigenvalue weighted by molar-refractivity contribution is 5.97. The number of rotatable bonds is 2. The van der Waals surface area contributed by atoms with Gasteiger partial charge in [0.25, 0.3) is 5.91 Å². The molecule has 0 saturated carbocycles. The molecule has 1 saturated heterocycles. The molecule has 1 unspecified atom stereocenters. The van der Waals surface area contributed by atoms with Crippen LogP contribution in [0, 0.1) is 0 Å². The van der Waals surface area contributed by atoms with Crippen molar-refractivity contribution in [2.24, 2.45) is 0 Å². The number of hydrogen-bond donors (Lipinski definition) is 3. The highest BCUT2D eigenvalue weighted by Gasteiger charge is 2.31. The third-order valence-electron chi connectivity index (χ3n) is 3.08. The van der Waals surface area contributed by atoms with E-state index < -0.39 is 6.04 Å². The largest absolute Gasteiger partial charge is 0.357 e. The van der Waals surface area contributed by atoms with Gasteiger partial charge >= 0.3 is 0 Å². The topological polar surface area (TPSA) is 94.3 Å². The van der Waals surface area contributed by atoms with Crippen LogP contribution in [0.15, 0.2) is 23.1 Å². The molecule has 1 aromatic heterocycles. The summed E-state index contributed by atoms with van der Waals surface area (Å²) in [5.74, 6) is -0.462. The zero-order chi connectivity index (χ0) is 13.8. The Hall–Kier alpha value is -2.15. The average Bonchev–Trinajstić information content (AvgIpc) is 2.46. The predicted octanol–water partition coefficient (Wildman–Crippen LogP) is -1.47. The summed E-state index contributed by atoms with van der Waals surface area (Å²) in [4.78, 5) is 39.1. The van der Waals surface area contributed by atoms with Crippen molar-refractivity contribution in [1.82, 2.24) is 20.5 Å². The first-order valence-corrected chi connectivity index (χ1v) is 6.05. The van der Waals surface area contributed by atoms with E-state index in [2.05, 4.69) is 15.6 Å². The van der Waals surface area contributed by atoms with Crippen LogP contribution in [0.5, 0.6) is 0 Å². The van der Waals surface area contributed by atoms with Gasteiger partial charge in [0.1, 0.15) is 6.04 Å². The van der Waals surface area contributed by atoms with Gasteiger partial charge in [-0.3, -0.25) is 14.4 Å². The lowest BCUT2D eigenvalue weighted by atomic mass is 10.1. The van der Waals surface area contributed by atoms with E-state index in [9.17, 15) is 14.4 Å². The molecule has 0 radical (unpaired) electrons. The summed E-state index contributed by atoms with van der Waals surface area (Å²) >= 11 is 0. The van der Waals surface area contributed by atoms with Crippen molar-refractivity contribution in [3.05, 3.63) is 34.2 Å². The molecule has 1 aromatic rings. The third-order valence-corrected chi connectivity index (χ3v) is 3.08. The second kappa shape index (κ2) is 5.66. The van der Waals surface area contributed by atoms with Gasteiger partial charge < -0.3 is 20.5 Å². The van der Waals surface area contributed by atoms with Crippen molar-refractivity contribution in [3.8, 4) is 0 Å². The lowest BCUT2D eigenvalue weighted by Crippen LogP contribution is -2.59. The Morgan fingerprint density at radius 3 is 2.84 bits per heavy atom. The van der Waals surface area contributed by atoms with Gasteiger partial charge in [-0.25, -0.2) is 0 Å². The summed E-state index contributed by atoms with van der Waals surface area (Å²) in [6.07, 6.45) is 1.37. The molecule has 7 nitrogen and oxygen atoms in total. The molecule has 0 bridgehead atoms. The second-order valence-electron chi connectivity index (χ2n) is 4.27. The Balaban J connectivity index is 2.22. The van der Waals surface area contributed by atoms with E-state index in [1.54, 1.807) is 7.05 Å². The Morgan fingerprint density at radius 1 is 1.42 bits per heavy atom. The SMILES string of the molecule is CNC(=O)C1CNCCN1C(=O)c1ccc(=O)[nH]c1. The van der Waals surface area contributed by atoms with Crippen molar-refractivity contribution in [3.63, 3.8) is 0 Å². The number of aromatic nitrogens is 1. The first-order valence-electron chi connectivity index (χ1n) is 6.05. The summed E-state index contributed by atoms with van der Waals surface area (Å²) < 4.78 is 0. The van der Waals surface area contributed by atoms with Crippen molar-refractivity contribution in [2.45, 2.75) is 6.04 Å². The Kier molecular flexibility index (Phi) is 3.96. The molecule has 102 valence electrons. The fraction of sp³-hybridized carbons (Fsp3) is 0.417. The van der Waals surface area contributed by atoms with E-state index in [1.165, 1.54) is 23.2 Å². The van der Waals surface area contributed by atoms with Crippen LogP contribution in [-0.4, -0.2) is 54.4 Å². The van der Waals surface area contributed by atoms with Crippen LogP contribution in [0.1, 0.15) is 10.4 Å². The number of piperazine rings is 1. The first-order chi connectivity index (χ1) is 9.13. The van der Waals surface area contributed by atoms with Crippen LogP contribution in [0.2, 0.25) is 0 Å². The molecule has 2 amide bonds. The number of nitrogens with one attached hydrogen (secondary N) is 3. The second-order valence-corrected chi connectivity index (χ2v) is 4.27. The van der Waals surface area contributed by atoms with E-state index in [0.29, 0.717) is 25.2 Å². The maximum Gasteiger partial charge on any atom is 0.256 e. The molecule has 0 aromatic carbocycles. The molecule has 0 spiro atoms. The molecule has 1 aliphatic rings. The van der Waals surface area contributed by atoms with E-state index in [-0.39, 0.29) is 17.4 Å². The van der Waals surface area contributed by atoms with Crippen LogP contribution < -0.4 is 16.2 Å². The van der Waals surface area contributed by atoms with Crippen molar-refractivity contribution < 1.29 is 9.59 Å². The van der Waals surface area contributed by atoms with Crippen molar-refractivity contribution >= 4 is 11.8 Å². The van der Waals surface area contributed by atoms with Gasteiger partial charge in [0.15, 0.2) is 0 Å². The zero-order valence-corrected chi connectivity index (χ0v) is 10.6. The number of carbonyl (C=O) groups excluding carboxylic acids is 2. The average molecular weight is 264 g/mol. The van der Waals surface area contributed by atoms with Gasteiger partial charge in [-0.2, -0.15) is 0 Å². The molecule has 1 aliphatic heterocycles. The third kappa shape index (κ3) is 2.82. The van der Waals surface area contributed by atoms with E-state index >= 15 is 0 Å². The monoisotopic (exact) mass is 264 g/mol. The van der Waals surface area contributed by atoms with Crippen molar-refractivity contribution in [2.75, 3.05) is 26.7 Å². The maximum absolute atomic E-state index is 12.3. The molecule has 7 heteroatoms. The van der Waals surface area contributed by atoms with Gasteiger partial charge in [-0.05, 0) is 6.07 Å². The normalized spacial score (nSPS) is 19.0. The lowest BCUT2D eigenvalue weighted by molar-refractivity contribution is -0.125. The molecular formula is C12H16N4O3. The number of pyridine rings is 1. The highest BCUT2D eigenvalue weighted by atomic mass is 16.2. The number of likely N-dealkylation sites (N-methyl/N-ethyl adjacent to an activating group) is 1. The molecule has 3 N–H and O–H groups in total. The number of H-pyrrole nitrogens is 1. The summed E-state index contributed by atoms with van der Waals surface area (Å²) in [5, 5.41) is 5.63. The molecule has 0 aliphatic carbocycles. The number of carbonyl (C=O) groups is 2. The van der Waals surface area contributed by atoms with Gasteiger partial charge in [0, 0.05) is 38.9 Å². The van der Waals surface area contributed by atoms with E-state index in [0.717, 1.165) is 0 Å². The quantitative estimate of drug-likeness (QED) is 0.608. The molecule has 2 heterocycles. The van der Waals surface area contributed by atoms with Gasteiger partial charge in [0.2, 0.25) is 11.5 Å². The summed E-state index contributed by atoms with van der Waals surface area (Å²) in [6.45, 7) is 1.52. The van der Waals surface area contributed by atoms with Crippen LogP contribution in [0.3, 0.4) is 0 Å². The molecule has 2 rings (SSSR count). The molecular weight excluding hydrogens is 248 g/mol. The van der Waals surface area contributed by atoms with Crippen LogP contribution in [0.25, 0.3) is 0 Å². The van der Waals surface area contributed by atoms with Gasteiger partial charge in [-0.15, -0.1) is 0 Å². The summed E-state index contributed by atoms with van der Waals surface area (Å²) in [6, 6.07) is 2.23. The maximum atomic E-state index is 12.3. The fourth-order valence-corrected chi connectivity index (χ4v) is 2.06. The number of aromatic amines is 1. The number of nitrogens with zero attached hydrogens (tertiary/aromatic N) is 1. The minimum Gasteiger partial charge on any atom is -0.357 e. The number of amides is 2. The fourth-order valence-electron chi connectivity index (χ4n) is 2.06. The molecule has 1 atom stereocenters. The highest BCUT2D eigenvalue weighted by Crippen LogP contribution is 2.09. The standard InChI is InChI=1S/C12H16N4O3/c1-13-11(18)9-7-14-4-5-16(9)12(19)8-2-3-10(17)15-6-8/h2-3,6,9,14H,4-5,7H2,1H3,(H,13,18)(H,15,17). The van der Waals surface area contributed by atoms with E-state index in [4.69, 9.17) is 0 Å². The van der Waals surface area contributed by atoms with Crippen LogP contribution in [0.4, 0.5) is 0 Å². The number of hydrogen-bond acceptors (Lipinski definition) is 4. The predicted molar refractivity (Wildman–Crippen MR) is 68.8 cm³/mol. The van der Waals surface area contributed by atoms with Gasteiger partial charge in [-0.1, -0.05) is 0 Å². The Bertz CT molecular complexity index is 520. The smallest absolute Gasteiger partial charge is 0.256 e. The minimum atomic E-state index is -0.529. The molecule has 19 heavy (non-hydrogen) atoms. The summed E-state index contributed by atoms with van der Waals surface area (Å²) in [5.41, 5.74) is 0.107. The Morgan fingerprint density at radius 2 is 2.21 bits per heavy atom. The van der Waals surface area contributed by atoms with Crippen LogP contribution >= 0.6 is 0 Å². The first kappa shape index (κ1) is 13.3. The lowest BCUT2D eigenvalue weighted by Gasteiger charge is -2.34. The van der Waals surface area contributed by atoms with E-state index in [1.807, 2.05) is 0 Å². The van der Waals surface area contributed by atoms with Crippen molar-refractivity contribution in [1.29, 1.82) is 0 Å². The Labute approximate surface area is 110 Å². The zero-order valence-electron chi connectivity index (χ0n) is 10.6.